The normalized spacial score (nSPS) is 25.4. The van der Waals surface area contributed by atoms with E-state index in [4.69, 9.17) is 14.1 Å². The van der Waals surface area contributed by atoms with Gasteiger partial charge in [-0.3, -0.25) is 4.55 Å². The summed E-state index contributed by atoms with van der Waals surface area (Å²) in [6, 6.07) is 3.41. The van der Waals surface area contributed by atoms with Gasteiger partial charge in [0.2, 0.25) is 0 Å². The van der Waals surface area contributed by atoms with Crippen LogP contribution >= 0.6 is 0 Å². The molecule has 0 bridgehead atoms. The van der Waals surface area contributed by atoms with Gasteiger partial charge in [0.25, 0.3) is 10.1 Å². The topological polar surface area (TPSA) is 102 Å². The lowest BCUT2D eigenvalue weighted by Crippen LogP contribution is -2.30. The van der Waals surface area contributed by atoms with Crippen molar-refractivity contribution in [1.29, 1.82) is 0 Å². The Kier molecular flexibility index (Phi) is 4.90. The maximum atomic E-state index is 11.4. The molecule has 0 radical (unpaired) electrons. The first kappa shape index (κ1) is 17.7. The Morgan fingerprint density at radius 3 is 2.75 bits per heavy atom. The van der Waals surface area contributed by atoms with Crippen LogP contribution in [-0.4, -0.2) is 43.3 Å². The smallest absolute Gasteiger partial charge is 0.465 e. The molecule has 9 heteroatoms. The van der Waals surface area contributed by atoms with Crippen LogP contribution in [0.3, 0.4) is 0 Å². The quantitative estimate of drug-likeness (QED) is 0.611. The number of ether oxygens (including phenoxy) is 2. The van der Waals surface area contributed by atoms with Crippen molar-refractivity contribution < 1.29 is 32.1 Å². The molecule has 132 valence electrons. The number of hydrogen-bond acceptors (Lipinski definition) is 6. The van der Waals surface area contributed by atoms with Gasteiger partial charge in [0.05, 0.1) is 12.7 Å². The van der Waals surface area contributed by atoms with E-state index >= 15 is 0 Å². The van der Waals surface area contributed by atoms with Crippen molar-refractivity contribution in [2.75, 3.05) is 6.61 Å². The third kappa shape index (κ3) is 3.45. The zero-order chi connectivity index (χ0) is 17.5. The Morgan fingerprint density at radius 1 is 1.38 bits per heavy atom. The number of fused-ring (bicyclic) bond motifs is 1. The first-order chi connectivity index (χ1) is 11.3. The van der Waals surface area contributed by atoms with Gasteiger partial charge in [0.1, 0.15) is 11.0 Å². The van der Waals surface area contributed by atoms with E-state index in [1.54, 1.807) is 19.1 Å². The van der Waals surface area contributed by atoms with E-state index in [-0.39, 0.29) is 6.29 Å². The van der Waals surface area contributed by atoms with Crippen LogP contribution in [0.1, 0.15) is 43.4 Å². The van der Waals surface area contributed by atoms with Gasteiger partial charge in [-0.05, 0) is 55.4 Å². The molecule has 3 atom stereocenters. The van der Waals surface area contributed by atoms with Crippen LogP contribution in [0.25, 0.3) is 0 Å². The van der Waals surface area contributed by atoms with Crippen molar-refractivity contribution in [2.45, 2.75) is 50.8 Å². The molecule has 7 nitrogen and oxygen atoms in total. The summed E-state index contributed by atoms with van der Waals surface area (Å²) in [5.41, 5.74) is 1.77. The van der Waals surface area contributed by atoms with Gasteiger partial charge in [0, 0.05) is 6.42 Å². The monoisotopic (exact) mass is 356 g/mol. The SMILES string of the molecule is Cc1cc(OC2CCCCO2)cc2c1C(C(C)S(=O)(=O)O)OB2O. The number of aryl methyl sites for hydroxylation is 1. The zero-order valence-electron chi connectivity index (χ0n) is 13.6. The average Bonchev–Trinajstić information content (AvgIpc) is 2.84. The number of hydrogen-bond donors (Lipinski definition) is 2. The summed E-state index contributed by atoms with van der Waals surface area (Å²) in [5, 5.41) is 8.96. The van der Waals surface area contributed by atoms with Crippen LogP contribution < -0.4 is 10.2 Å². The number of rotatable bonds is 4. The second kappa shape index (κ2) is 6.64. The van der Waals surface area contributed by atoms with E-state index in [0.29, 0.717) is 23.4 Å². The molecule has 2 aliphatic heterocycles. The minimum atomic E-state index is -4.29. The fourth-order valence-corrected chi connectivity index (χ4v) is 3.70. The number of benzene rings is 1. The molecule has 24 heavy (non-hydrogen) atoms. The van der Waals surface area contributed by atoms with E-state index in [1.165, 1.54) is 6.92 Å². The standard InChI is InChI=1S/C15H21BO7S/c1-9-7-11(22-13-5-3-4-6-21-13)8-12-14(9)15(23-16(12)17)10(2)24(18,19)20/h7-8,10,13,15,17H,3-6H2,1-2H3,(H,18,19,20). The highest BCUT2D eigenvalue weighted by Crippen LogP contribution is 2.34. The Balaban J connectivity index is 1.89. The summed E-state index contributed by atoms with van der Waals surface area (Å²) in [6.45, 7) is 3.80. The van der Waals surface area contributed by atoms with Crippen LogP contribution in [0.5, 0.6) is 5.75 Å². The predicted molar refractivity (Wildman–Crippen MR) is 87.8 cm³/mol. The van der Waals surface area contributed by atoms with Crippen molar-refractivity contribution in [2.24, 2.45) is 0 Å². The molecule has 0 amide bonds. The van der Waals surface area contributed by atoms with Gasteiger partial charge in [-0.2, -0.15) is 8.42 Å². The maximum Gasteiger partial charge on any atom is 0.492 e. The van der Waals surface area contributed by atoms with Crippen LogP contribution in [0, 0.1) is 6.92 Å². The molecule has 1 saturated heterocycles. The average molecular weight is 356 g/mol. The molecule has 3 rings (SSSR count). The van der Waals surface area contributed by atoms with Gasteiger partial charge < -0.3 is 19.2 Å². The fraction of sp³-hybridized carbons (Fsp3) is 0.600. The molecule has 1 aromatic rings. The molecule has 0 aliphatic carbocycles. The van der Waals surface area contributed by atoms with Gasteiger partial charge in [-0.1, -0.05) is 0 Å². The molecule has 2 aliphatic rings. The Hall–Kier alpha value is -1.13. The van der Waals surface area contributed by atoms with Crippen molar-refractivity contribution >= 4 is 22.7 Å². The molecular formula is C15H21BO7S. The Morgan fingerprint density at radius 2 is 2.12 bits per heavy atom. The Bertz CT molecular complexity index is 715. The lowest BCUT2D eigenvalue weighted by atomic mass is 9.77. The summed E-state index contributed by atoms with van der Waals surface area (Å²) in [4.78, 5) is 0. The molecule has 1 aromatic carbocycles. The molecule has 2 N–H and O–H groups in total. The van der Waals surface area contributed by atoms with E-state index < -0.39 is 28.6 Å². The van der Waals surface area contributed by atoms with Gasteiger partial charge in [-0.15, -0.1) is 0 Å². The lowest BCUT2D eigenvalue weighted by Gasteiger charge is -2.24. The van der Waals surface area contributed by atoms with Gasteiger partial charge >= 0.3 is 7.12 Å². The summed E-state index contributed by atoms with van der Waals surface area (Å²) in [6.07, 6.45) is 1.62. The fourth-order valence-electron chi connectivity index (χ4n) is 3.19. The van der Waals surface area contributed by atoms with Crippen LogP contribution in [0.15, 0.2) is 12.1 Å². The zero-order valence-corrected chi connectivity index (χ0v) is 14.5. The van der Waals surface area contributed by atoms with E-state index in [9.17, 15) is 18.0 Å². The maximum absolute atomic E-state index is 11.4. The van der Waals surface area contributed by atoms with Crippen LogP contribution in [-0.2, 0) is 19.5 Å². The molecule has 0 saturated carbocycles. The van der Waals surface area contributed by atoms with Crippen molar-refractivity contribution in [3.8, 4) is 5.75 Å². The largest absolute Gasteiger partial charge is 0.492 e. The first-order valence-electron chi connectivity index (χ1n) is 8.00. The summed E-state index contributed by atoms with van der Waals surface area (Å²) in [5.74, 6) is 0.543. The van der Waals surface area contributed by atoms with E-state index in [0.717, 1.165) is 24.8 Å². The third-order valence-electron chi connectivity index (χ3n) is 4.52. The van der Waals surface area contributed by atoms with Crippen molar-refractivity contribution in [1.82, 2.24) is 0 Å². The van der Waals surface area contributed by atoms with Gasteiger partial charge in [0.15, 0.2) is 6.29 Å². The van der Waals surface area contributed by atoms with Gasteiger partial charge in [-0.25, -0.2) is 0 Å². The van der Waals surface area contributed by atoms with E-state index in [1.807, 2.05) is 0 Å². The second-order valence-electron chi connectivity index (χ2n) is 6.29. The summed E-state index contributed by atoms with van der Waals surface area (Å²) >= 11 is 0. The van der Waals surface area contributed by atoms with Crippen molar-refractivity contribution in [3.05, 3.63) is 23.3 Å². The minimum absolute atomic E-state index is 0.316. The minimum Gasteiger partial charge on any atom is -0.465 e. The second-order valence-corrected chi connectivity index (χ2v) is 8.06. The predicted octanol–water partition coefficient (Wildman–Crippen LogP) is 0.936. The van der Waals surface area contributed by atoms with Crippen LogP contribution in [0.4, 0.5) is 0 Å². The Labute approximate surface area is 141 Å². The van der Waals surface area contributed by atoms with Crippen molar-refractivity contribution in [3.63, 3.8) is 0 Å². The molecule has 1 fully saturated rings. The highest BCUT2D eigenvalue weighted by molar-refractivity contribution is 7.86. The molecule has 3 unspecified atom stereocenters. The van der Waals surface area contributed by atoms with Crippen LogP contribution in [0.2, 0.25) is 0 Å². The highest BCUT2D eigenvalue weighted by atomic mass is 32.2. The summed E-state index contributed by atoms with van der Waals surface area (Å²) < 4.78 is 48.9. The highest BCUT2D eigenvalue weighted by Gasteiger charge is 2.43. The molecule has 2 heterocycles. The molecule has 0 aromatic heterocycles. The molecule has 0 spiro atoms. The summed E-state index contributed by atoms with van der Waals surface area (Å²) in [7, 11) is -5.55. The van der Waals surface area contributed by atoms with E-state index in [2.05, 4.69) is 0 Å². The third-order valence-corrected chi connectivity index (χ3v) is 5.71. The first-order valence-corrected chi connectivity index (χ1v) is 9.50. The lowest BCUT2D eigenvalue weighted by molar-refractivity contribution is -0.105. The molecular weight excluding hydrogens is 335 g/mol.